The van der Waals surface area contributed by atoms with E-state index >= 15 is 0 Å². The molecule has 5 heteroatoms. The van der Waals surface area contributed by atoms with E-state index < -0.39 is 5.60 Å². The van der Waals surface area contributed by atoms with E-state index in [9.17, 15) is 14.3 Å². The standard InChI is InChI=1S/C18H24FNO3/c19-15-5-7-16(8-6-15)23-13-18(22)9-10-20(12-18)17(21)11-14-3-1-2-4-14/h5-8,14,22H,1-4,9-13H2/t18-/m1/s1. The summed E-state index contributed by atoms with van der Waals surface area (Å²) >= 11 is 0. The predicted octanol–water partition coefficient (Wildman–Crippen LogP) is 2.75. The number of ether oxygens (including phenoxy) is 1. The normalized spacial score (nSPS) is 25.0. The third-order valence-electron chi connectivity index (χ3n) is 4.94. The summed E-state index contributed by atoms with van der Waals surface area (Å²) in [6, 6.07) is 5.73. The summed E-state index contributed by atoms with van der Waals surface area (Å²) in [5, 5.41) is 10.6. The summed E-state index contributed by atoms with van der Waals surface area (Å²) in [6.45, 7) is 1.01. The van der Waals surface area contributed by atoms with E-state index in [4.69, 9.17) is 4.74 Å². The van der Waals surface area contributed by atoms with Crippen LogP contribution < -0.4 is 4.74 Å². The minimum absolute atomic E-state index is 0.117. The molecular formula is C18H24FNO3. The van der Waals surface area contributed by atoms with Crippen LogP contribution in [0.3, 0.4) is 0 Å². The van der Waals surface area contributed by atoms with Gasteiger partial charge in [-0.1, -0.05) is 12.8 Å². The molecule has 1 aromatic carbocycles. The summed E-state index contributed by atoms with van der Waals surface area (Å²) in [5.41, 5.74) is -1.01. The van der Waals surface area contributed by atoms with Crippen molar-refractivity contribution in [1.82, 2.24) is 4.90 Å². The molecule has 1 atom stereocenters. The van der Waals surface area contributed by atoms with Gasteiger partial charge in [0.15, 0.2) is 0 Å². The van der Waals surface area contributed by atoms with Crippen LogP contribution in [0.4, 0.5) is 4.39 Å². The molecule has 1 amide bonds. The van der Waals surface area contributed by atoms with Gasteiger partial charge in [-0.05, 0) is 49.4 Å². The third-order valence-corrected chi connectivity index (χ3v) is 4.94. The number of hydrogen-bond donors (Lipinski definition) is 1. The number of amides is 1. The van der Waals surface area contributed by atoms with Crippen molar-refractivity contribution in [1.29, 1.82) is 0 Å². The Bertz CT molecular complexity index is 542. The van der Waals surface area contributed by atoms with Crippen LogP contribution in [0.15, 0.2) is 24.3 Å². The van der Waals surface area contributed by atoms with Gasteiger partial charge < -0.3 is 14.7 Å². The van der Waals surface area contributed by atoms with E-state index in [1.807, 2.05) is 0 Å². The summed E-state index contributed by atoms with van der Waals surface area (Å²) in [6.07, 6.45) is 5.88. The van der Waals surface area contributed by atoms with Crippen LogP contribution in [0, 0.1) is 11.7 Å². The molecule has 0 spiro atoms. The maximum absolute atomic E-state index is 12.9. The van der Waals surface area contributed by atoms with E-state index in [-0.39, 0.29) is 18.3 Å². The topological polar surface area (TPSA) is 49.8 Å². The summed E-state index contributed by atoms with van der Waals surface area (Å²) < 4.78 is 18.4. The average molecular weight is 321 g/mol. The minimum Gasteiger partial charge on any atom is -0.491 e. The molecule has 126 valence electrons. The van der Waals surface area contributed by atoms with Gasteiger partial charge in [-0.3, -0.25) is 4.79 Å². The number of hydrogen-bond acceptors (Lipinski definition) is 3. The highest BCUT2D eigenvalue weighted by atomic mass is 19.1. The summed E-state index contributed by atoms with van der Waals surface area (Å²) in [5.74, 6) is 0.873. The van der Waals surface area contributed by atoms with Crippen molar-refractivity contribution in [2.45, 2.75) is 44.1 Å². The molecule has 0 unspecified atom stereocenters. The molecule has 0 aromatic heterocycles. The van der Waals surface area contributed by atoms with Gasteiger partial charge in [0.25, 0.3) is 0 Å². The highest BCUT2D eigenvalue weighted by molar-refractivity contribution is 5.77. The van der Waals surface area contributed by atoms with E-state index in [1.54, 1.807) is 4.90 Å². The lowest BCUT2D eigenvalue weighted by Crippen LogP contribution is -2.41. The lowest BCUT2D eigenvalue weighted by molar-refractivity contribution is -0.132. The second-order valence-electron chi connectivity index (χ2n) is 6.89. The molecule has 4 nitrogen and oxygen atoms in total. The molecular weight excluding hydrogens is 297 g/mol. The quantitative estimate of drug-likeness (QED) is 0.907. The Labute approximate surface area is 136 Å². The highest BCUT2D eigenvalue weighted by Gasteiger charge is 2.39. The maximum atomic E-state index is 12.9. The molecule has 0 bridgehead atoms. The van der Waals surface area contributed by atoms with Crippen molar-refractivity contribution in [2.75, 3.05) is 19.7 Å². The SMILES string of the molecule is O=C(CC1CCCC1)N1CC[C@](O)(COc2ccc(F)cc2)C1. The van der Waals surface area contributed by atoms with Crippen LogP contribution in [0.1, 0.15) is 38.5 Å². The van der Waals surface area contributed by atoms with Crippen molar-refractivity contribution >= 4 is 5.91 Å². The molecule has 1 aromatic rings. The van der Waals surface area contributed by atoms with E-state index in [2.05, 4.69) is 0 Å². The number of carbonyl (C=O) groups is 1. The van der Waals surface area contributed by atoms with Crippen molar-refractivity contribution in [2.24, 2.45) is 5.92 Å². The van der Waals surface area contributed by atoms with E-state index in [1.165, 1.54) is 37.1 Å². The Kier molecular flexibility index (Phi) is 4.85. The number of aliphatic hydroxyl groups is 1. The van der Waals surface area contributed by atoms with Crippen molar-refractivity contribution in [3.63, 3.8) is 0 Å². The molecule has 23 heavy (non-hydrogen) atoms. The highest BCUT2D eigenvalue weighted by Crippen LogP contribution is 2.30. The molecule has 1 saturated carbocycles. The van der Waals surface area contributed by atoms with Gasteiger partial charge in [0.05, 0.1) is 6.54 Å². The Morgan fingerprint density at radius 2 is 2.00 bits per heavy atom. The van der Waals surface area contributed by atoms with Gasteiger partial charge in [-0.2, -0.15) is 0 Å². The van der Waals surface area contributed by atoms with Gasteiger partial charge in [-0.25, -0.2) is 4.39 Å². The van der Waals surface area contributed by atoms with Crippen LogP contribution >= 0.6 is 0 Å². The van der Waals surface area contributed by atoms with Crippen LogP contribution in [0.5, 0.6) is 5.75 Å². The van der Waals surface area contributed by atoms with Gasteiger partial charge in [0, 0.05) is 13.0 Å². The van der Waals surface area contributed by atoms with Crippen LogP contribution in [0.25, 0.3) is 0 Å². The van der Waals surface area contributed by atoms with Crippen molar-refractivity contribution < 1.29 is 19.0 Å². The van der Waals surface area contributed by atoms with Crippen LogP contribution in [-0.4, -0.2) is 41.2 Å². The zero-order valence-corrected chi connectivity index (χ0v) is 13.3. The minimum atomic E-state index is -1.01. The summed E-state index contributed by atoms with van der Waals surface area (Å²) in [4.78, 5) is 14.1. The number of halogens is 1. The fourth-order valence-electron chi connectivity index (χ4n) is 3.53. The van der Waals surface area contributed by atoms with Crippen LogP contribution in [-0.2, 0) is 4.79 Å². The number of carbonyl (C=O) groups excluding carboxylic acids is 1. The molecule has 1 N–H and O–H groups in total. The molecule has 1 aliphatic heterocycles. The molecule has 1 saturated heterocycles. The van der Waals surface area contributed by atoms with Crippen molar-refractivity contribution in [3.8, 4) is 5.75 Å². The fraction of sp³-hybridized carbons (Fsp3) is 0.611. The van der Waals surface area contributed by atoms with Gasteiger partial charge in [0.1, 0.15) is 23.8 Å². The Morgan fingerprint density at radius 1 is 1.30 bits per heavy atom. The molecule has 3 rings (SSSR count). The monoisotopic (exact) mass is 321 g/mol. The molecule has 1 aliphatic carbocycles. The average Bonchev–Trinajstić information content (AvgIpc) is 3.17. The zero-order valence-electron chi connectivity index (χ0n) is 13.3. The fourth-order valence-corrected chi connectivity index (χ4v) is 3.53. The van der Waals surface area contributed by atoms with E-state index in [0.717, 1.165) is 12.8 Å². The van der Waals surface area contributed by atoms with Gasteiger partial charge in [0.2, 0.25) is 5.91 Å². The predicted molar refractivity (Wildman–Crippen MR) is 84.6 cm³/mol. The van der Waals surface area contributed by atoms with Gasteiger partial charge in [-0.15, -0.1) is 0 Å². The number of rotatable bonds is 5. The number of likely N-dealkylation sites (tertiary alicyclic amines) is 1. The molecule has 2 fully saturated rings. The first-order valence-corrected chi connectivity index (χ1v) is 8.43. The Balaban J connectivity index is 1.48. The number of benzene rings is 1. The first kappa shape index (κ1) is 16.2. The zero-order chi connectivity index (χ0) is 16.3. The van der Waals surface area contributed by atoms with Crippen molar-refractivity contribution in [3.05, 3.63) is 30.1 Å². The first-order valence-electron chi connectivity index (χ1n) is 8.43. The first-order chi connectivity index (χ1) is 11.0. The Morgan fingerprint density at radius 3 is 2.70 bits per heavy atom. The number of β-amino-alcohol motifs (C(OH)–C–C–N with tert-alkyl or cyclic N) is 1. The lowest BCUT2D eigenvalue weighted by atomic mass is 10.0. The number of nitrogens with zero attached hydrogens (tertiary/aromatic N) is 1. The lowest BCUT2D eigenvalue weighted by Gasteiger charge is -2.24. The largest absolute Gasteiger partial charge is 0.491 e. The van der Waals surface area contributed by atoms with E-state index in [0.29, 0.717) is 37.6 Å². The second-order valence-corrected chi connectivity index (χ2v) is 6.89. The smallest absolute Gasteiger partial charge is 0.222 e. The van der Waals surface area contributed by atoms with Crippen LogP contribution in [0.2, 0.25) is 0 Å². The Hall–Kier alpha value is -1.62. The molecule has 0 radical (unpaired) electrons. The summed E-state index contributed by atoms with van der Waals surface area (Å²) in [7, 11) is 0. The third kappa shape index (κ3) is 4.22. The molecule has 2 aliphatic rings. The maximum Gasteiger partial charge on any atom is 0.222 e. The second kappa shape index (κ2) is 6.87. The van der Waals surface area contributed by atoms with Gasteiger partial charge >= 0.3 is 0 Å². The molecule has 1 heterocycles.